The monoisotopic (exact) mass is 234 g/mol. The van der Waals surface area contributed by atoms with Crippen molar-refractivity contribution in [2.45, 2.75) is 27.3 Å². The first-order valence-electron chi connectivity index (χ1n) is 6.00. The molecule has 0 unspecified atom stereocenters. The molecule has 1 rings (SSSR count). The summed E-state index contributed by atoms with van der Waals surface area (Å²) in [5.74, 6) is 1.45. The average molecular weight is 234 g/mol. The number of ether oxygens (including phenoxy) is 1. The zero-order valence-electron chi connectivity index (χ0n) is 11.0. The molecule has 0 radical (unpaired) electrons. The van der Waals surface area contributed by atoms with Crippen LogP contribution in [0, 0.1) is 5.92 Å². The van der Waals surface area contributed by atoms with Crippen LogP contribution in [0.2, 0.25) is 0 Å². The summed E-state index contributed by atoms with van der Waals surface area (Å²) in [6, 6.07) is 3.93. The third-order valence-corrected chi connectivity index (χ3v) is 2.14. The van der Waals surface area contributed by atoms with Gasteiger partial charge in [0.05, 0.1) is 11.9 Å². The van der Waals surface area contributed by atoms with Gasteiger partial charge < -0.3 is 10.1 Å². The summed E-state index contributed by atoms with van der Waals surface area (Å²) in [6.45, 7) is 12.5. The molecule has 1 N–H and O–H groups in total. The molecule has 0 aromatic carbocycles. The fraction of sp³-hybridized carbons (Fsp3) is 0.500. The Kier molecular flexibility index (Phi) is 5.70. The molecule has 0 aliphatic heterocycles. The minimum Gasteiger partial charge on any atom is -0.488 e. The lowest BCUT2D eigenvalue weighted by atomic mass is 10.2. The van der Waals surface area contributed by atoms with Crippen molar-refractivity contribution < 1.29 is 4.74 Å². The maximum atomic E-state index is 5.48. The highest BCUT2D eigenvalue weighted by Crippen LogP contribution is 2.10. The Hall–Kier alpha value is -1.35. The van der Waals surface area contributed by atoms with E-state index in [4.69, 9.17) is 4.74 Å². The van der Waals surface area contributed by atoms with Crippen LogP contribution in [-0.4, -0.2) is 18.1 Å². The van der Waals surface area contributed by atoms with Crippen LogP contribution in [-0.2, 0) is 6.54 Å². The van der Waals surface area contributed by atoms with E-state index in [1.165, 1.54) is 0 Å². The van der Waals surface area contributed by atoms with Gasteiger partial charge in [-0.1, -0.05) is 20.4 Å². The molecular weight excluding hydrogens is 212 g/mol. The number of nitrogens with zero attached hydrogens (tertiary/aromatic N) is 1. The number of rotatable bonds is 7. The Morgan fingerprint density at radius 3 is 2.76 bits per heavy atom. The standard InChI is InChI=1S/C14H22N2O/c1-11(2)7-15-8-13-5-6-14(9-16-13)17-10-12(3)4/h5-6,9,11,15H,3,7-8,10H2,1-2,4H3. The molecule has 0 saturated heterocycles. The van der Waals surface area contributed by atoms with Crippen LogP contribution in [0.25, 0.3) is 0 Å². The van der Waals surface area contributed by atoms with Crippen LogP contribution in [0.5, 0.6) is 5.75 Å². The van der Waals surface area contributed by atoms with Gasteiger partial charge in [0, 0.05) is 6.54 Å². The van der Waals surface area contributed by atoms with E-state index >= 15 is 0 Å². The summed E-state index contributed by atoms with van der Waals surface area (Å²) < 4.78 is 5.48. The zero-order valence-corrected chi connectivity index (χ0v) is 11.0. The first kappa shape index (κ1) is 13.7. The quantitative estimate of drug-likeness (QED) is 0.737. The summed E-state index contributed by atoms with van der Waals surface area (Å²) in [4.78, 5) is 4.34. The number of hydrogen-bond acceptors (Lipinski definition) is 3. The zero-order chi connectivity index (χ0) is 12.7. The summed E-state index contributed by atoms with van der Waals surface area (Å²) in [5, 5.41) is 3.35. The predicted octanol–water partition coefficient (Wildman–Crippen LogP) is 2.78. The molecule has 3 nitrogen and oxygen atoms in total. The Bertz CT molecular complexity index is 344. The predicted molar refractivity (Wildman–Crippen MR) is 71.1 cm³/mol. The summed E-state index contributed by atoms with van der Waals surface area (Å²) in [5.41, 5.74) is 2.04. The second-order valence-corrected chi connectivity index (χ2v) is 4.76. The molecule has 0 atom stereocenters. The van der Waals surface area contributed by atoms with Gasteiger partial charge in [-0.25, -0.2) is 0 Å². The highest BCUT2D eigenvalue weighted by atomic mass is 16.5. The lowest BCUT2D eigenvalue weighted by molar-refractivity contribution is 0.351. The third-order valence-electron chi connectivity index (χ3n) is 2.14. The number of pyridine rings is 1. The van der Waals surface area contributed by atoms with Gasteiger partial charge >= 0.3 is 0 Å². The van der Waals surface area contributed by atoms with E-state index in [1.54, 1.807) is 6.20 Å². The molecule has 0 aliphatic rings. The van der Waals surface area contributed by atoms with Gasteiger partial charge in [0.1, 0.15) is 12.4 Å². The molecule has 0 aliphatic carbocycles. The molecule has 94 valence electrons. The Balaban J connectivity index is 2.36. The van der Waals surface area contributed by atoms with Crippen molar-refractivity contribution >= 4 is 0 Å². The number of nitrogens with one attached hydrogen (secondary N) is 1. The van der Waals surface area contributed by atoms with Crippen LogP contribution in [0.3, 0.4) is 0 Å². The van der Waals surface area contributed by atoms with Gasteiger partial charge in [0.15, 0.2) is 0 Å². The second kappa shape index (κ2) is 7.07. The van der Waals surface area contributed by atoms with Gasteiger partial charge in [-0.15, -0.1) is 0 Å². The van der Waals surface area contributed by atoms with E-state index in [2.05, 4.69) is 30.7 Å². The summed E-state index contributed by atoms with van der Waals surface area (Å²) >= 11 is 0. The molecule has 0 amide bonds. The Morgan fingerprint density at radius 1 is 1.47 bits per heavy atom. The van der Waals surface area contributed by atoms with Crippen molar-refractivity contribution in [3.05, 3.63) is 36.2 Å². The van der Waals surface area contributed by atoms with Crippen LogP contribution in [0.15, 0.2) is 30.5 Å². The number of hydrogen-bond donors (Lipinski definition) is 1. The Morgan fingerprint density at radius 2 is 2.24 bits per heavy atom. The molecule has 0 fully saturated rings. The maximum Gasteiger partial charge on any atom is 0.138 e. The van der Waals surface area contributed by atoms with Crippen molar-refractivity contribution in [3.63, 3.8) is 0 Å². The van der Waals surface area contributed by atoms with Gasteiger partial charge in [-0.05, 0) is 37.1 Å². The average Bonchev–Trinajstić information content (AvgIpc) is 2.27. The highest BCUT2D eigenvalue weighted by Gasteiger charge is 1.98. The van der Waals surface area contributed by atoms with Crippen molar-refractivity contribution in [3.8, 4) is 5.75 Å². The normalized spacial score (nSPS) is 10.6. The summed E-state index contributed by atoms with van der Waals surface area (Å²) in [7, 11) is 0. The van der Waals surface area contributed by atoms with Gasteiger partial charge in [0.2, 0.25) is 0 Å². The van der Waals surface area contributed by atoms with E-state index in [1.807, 2.05) is 19.1 Å². The van der Waals surface area contributed by atoms with Crippen molar-refractivity contribution in [2.24, 2.45) is 5.92 Å². The molecule has 1 heterocycles. The molecule has 3 heteroatoms. The first-order chi connectivity index (χ1) is 8.08. The molecule has 0 spiro atoms. The second-order valence-electron chi connectivity index (χ2n) is 4.76. The maximum absolute atomic E-state index is 5.48. The third kappa shape index (κ3) is 6.07. The molecule has 0 saturated carbocycles. The largest absolute Gasteiger partial charge is 0.488 e. The highest BCUT2D eigenvalue weighted by molar-refractivity contribution is 5.20. The number of aromatic nitrogens is 1. The van der Waals surface area contributed by atoms with Gasteiger partial charge in [-0.3, -0.25) is 4.98 Å². The van der Waals surface area contributed by atoms with Crippen LogP contribution < -0.4 is 10.1 Å². The molecule has 0 bridgehead atoms. The lowest BCUT2D eigenvalue weighted by Gasteiger charge is -2.08. The van der Waals surface area contributed by atoms with E-state index in [0.717, 1.165) is 30.1 Å². The van der Waals surface area contributed by atoms with Gasteiger partial charge in [0.25, 0.3) is 0 Å². The van der Waals surface area contributed by atoms with E-state index in [9.17, 15) is 0 Å². The fourth-order valence-electron chi connectivity index (χ4n) is 1.30. The van der Waals surface area contributed by atoms with E-state index in [0.29, 0.717) is 12.5 Å². The summed E-state index contributed by atoms with van der Waals surface area (Å²) in [6.07, 6.45) is 1.76. The molecule has 17 heavy (non-hydrogen) atoms. The van der Waals surface area contributed by atoms with Crippen molar-refractivity contribution in [1.29, 1.82) is 0 Å². The topological polar surface area (TPSA) is 34.1 Å². The van der Waals surface area contributed by atoms with E-state index < -0.39 is 0 Å². The molecule has 1 aromatic heterocycles. The van der Waals surface area contributed by atoms with Crippen molar-refractivity contribution in [1.82, 2.24) is 10.3 Å². The van der Waals surface area contributed by atoms with Crippen molar-refractivity contribution in [2.75, 3.05) is 13.2 Å². The lowest BCUT2D eigenvalue weighted by Crippen LogP contribution is -2.19. The SMILES string of the molecule is C=C(C)COc1ccc(CNCC(C)C)nc1. The van der Waals surface area contributed by atoms with Crippen LogP contribution in [0.1, 0.15) is 26.5 Å². The minimum absolute atomic E-state index is 0.548. The van der Waals surface area contributed by atoms with Gasteiger partial charge in [-0.2, -0.15) is 0 Å². The molecular formula is C14H22N2O. The first-order valence-corrected chi connectivity index (χ1v) is 6.00. The van der Waals surface area contributed by atoms with Crippen LogP contribution in [0.4, 0.5) is 0 Å². The fourth-order valence-corrected chi connectivity index (χ4v) is 1.30. The smallest absolute Gasteiger partial charge is 0.138 e. The van der Waals surface area contributed by atoms with Crippen LogP contribution >= 0.6 is 0 Å². The van der Waals surface area contributed by atoms with E-state index in [-0.39, 0.29) is 0 Å². The Labute approximate surface area is 104 Å². The minimum atomic E-state index is 0.548. The molecule has 1 aromatic rings.